The summed E-state index contributed by atoms with van der Waals surface area (Å²) in [5, 5.41) is 5.26. The predicted octanol–water partition coefficient (Wildman–Crippen LogP) is 0.943. The minimum Gasteiger partial charge on any atom is -0.497 e. The van der Waals surface area contributed by atoms with Gasteiger partial charge in [-0.25, -0.2) is 14.6 Å². The molecule has 1 aromatic carbocycles. The summed E-state index contributed by atoms with van der Waals surface area (Å²) in [6.45, 7) is 2.36. The Morgan fingerprint density at radius 1 is 1.22 bits per heavy atom. The molecule has 0 aliphatic carbocycles. The molecular formula is C18H20N6O3. The van der Waals surface area contributed by atoms with Gasteiger partial charge in [0.2, 0.25) is 5.91 Å². The summed E-state index contributed by atoms with van der Waals surface area (Å²) in [6, 6.07) is 7.47. The van der Waals surface area contributed by atoms with Crippen molar-refractivity contribution in [2.45, 2.75) is 6.54 Å². The first kappa shape index (κ1) is 17.2. The van der Waals surface area contributed by atoms with Crippen LogP contribution in [0.5, 0.6) is 5.75 Å². The minimum absolute atomic E-state index is 0.0267. The molecule has 0 radical (unpaired) electrons. The van der Waals surface area contributed by atoms with Crippen LogP contribution in [0.3, 0.4) is 0 Å². The standard InChI is InChI=1S/C18H20N6O3/c1-26-13-4-2-12(3-5-13)16-15-17(19)20-11-21-18(15)24(22-16)10-14(25)23-6-8-27-9-7-23/h2-5,11H,6-10H2,1H3,(H2,19,20,21). The van der Waals surface area contributed by atoms with E-state index >= 15 is 0 Å². The number of benzene rings is 1. The number of anilines is 1. The number of hydrogen-bond acceptors (Lipinski definition) is 7. The van der Waals surface area contributed by atoms with Crippen LogP contribution in [0, 0.1) is 0 Å². The van der Waals surface area contributed by atoms with Gasteiger partial charge in [-0.2, -0.15) is 5.10 Å². The van der Waals surface area contributed by atoms with Crippen LogP contribution >= 0.6 is 0 Å². The van der Waals surface area contributed by atoms with Crippen molar-refractivity contribution < 1.29 is 14.3 Å². The Morgan fingerprint density at radius 3 is 2.67 bits per heavy atom. The minimum atomic E-state index is -0.0267. The first-order chi connectivity index (χ1) is 13.2. The largest absolute Gasteiger partial charge is 0.497 e. The molecular weight excluding hydrogens is 348 g/mol. The molecule has 9 nitrogen and oxygen atoms in total. The number of aromatic nitrogens is 4. The van der Waals surface area contributed by atoms with Gasteiger partial charge in [0.1, 0.15) is 30.1 Å². The second-order valence-corrected chi connectivity index (χ2v) is 6.19. The molecule has 3 aromatic rings. The van der Waals surface area contributed by atoms with Crippen molar-refractivity contribution in [3.8, 4) is 17.0 Å². The Kier molecular flexibility index (Phi) is 4.59. The number of carbonyl (C=O) groups excluding carboxylic acids is 1. The molecule has 2 aromatic heterocycles. The Bertz CT molecular complexity index is 963. The van der Waals surface area contributed by atoms with E-state index in [-0.39, 0.29) is 12.5 Å². The van der Waals surface area contributed by atoms with Gasteiger partial charge in [-0.3, -0.25) is 4.79 Å². The molecule has 27 heavy (non-hydrogen) atoms. The molecule has 1 aliphatic heterocycles. The van der Waals surface area contributed by atoms with E-state index in [4.69, 9.17) is 15.2 Å². The summed E-state index contributed by atoms with van der Waals surface area (Å²) in [7, 11) is 1.61. The lowest BCUT2D eigenvalue weighted by atomic mass is 10.1. The maximum Gasteiger partial charge on any atom is 0.244 e. The number of nitrogens with two attached hydrogens (primary N) is 1. The van der Waals surface area contributed by atoms with Crippen LogP contribution in [0.1, 0.15) is 0 Å². The Morgan fingerprint density at radius 2 is 1.96 bits per heavy atom. The highest BCUT2D eigenvalue weighted by atomic mass is 16.5. The Balaban J connectivity index is 1.73. The second kappa shape index (κ2) is 7.20. The number of ether oxygens (including phenoxy) is 2. The molecule has 140 valence electrons. The lowest BCUT2D eigenvalue weighted by Gasteiger charge is -2.26. The van der Waals surface area contributed by atoms with Crippen molar-refractivity contribution in [3.05, 3.63) is 30.6 Å². The smallest absolute Gasteiger partial charge is 0.244 e. The van der Waals surface area contributed by atoms with Crippen LogP contribution < -0.4 is 10.5 Å². The lowest BCUT2D eigenvalue weighted by Crippen LogP contribution is -2.42. The zero-order valence-electron chi connectivity index (χ0n) is 15.0. The maximum atomic E-state index is 12.6. The topological polar surface area (TPSA) is 108 Å². The molecule has 0 saturated carbocycles. The van der Waals surface area contributed by atoms with E-state index in [0.717, 1.165) is 11.3 Å². The van der Waals surface area contributed by atoms with E-state index in [2.05, 4.69) is 15.1 Å². The lowest BCUT2D eigenvalue weighted by molar-refractivity contribution is -0.136. The monoisotopic (exact) mass is 368 g/mol. The van der Waals surface area contributed by atoms with Crippen molar-refractivity contribution in [3.63, 3.8) is 0 Å². The summed E-state index contributed by atoms with van der Waals surface area (Å²) in [5.74, 6) is 1.05. The number of morpholine rings is 1. The van der Waals surface area contributed by atoms with E-state index in [1.165, 1.54) is 6.33 Å². The average molecular weight is 368 g/mol. The van der Waals surface area contributed by atoms with Crippen molar-refractivity contribution in [2.75, 3.05) is 39.1 Å². The zero-order valence-corrected chi connectivity index (χ0v) is 15.0. The number of rotatable bonds is 4. The Labute approximate surface area is 155 Å². The molecule has 3 heterocycles. The van der Waals surface area contributed by atoms with Gasteiger partial charge < -0.3 is 20.1 Å². The summed E-state index contributed by atoms with van der Waals surface area (Å²) in [5.41, 5.74) is 8.12. The van der Waals surface area contributed by atoms with Gasteiger partial charge in [0.05, 0.1) is 25.7 Å². The third kappa shape index (κ3) is 3.28. The van der Waals surface area contributed by atoms with Crippen LogP contribution in [0.25, 0.3) is 22.3 Å². The SMILES string of the molecule is COc1ccc(-c2nn(CC(=O)N3CCOCC3)c3ncnc(N)c23)cc1. The molecule has 0 bridgehead atoms. The Hall–Kier alpha value is -3.20. The zero-order chi connectivity index (χ0) is 18.8. The number of amides is 1. The fraction of sp³-hybridized carbons (Fsp3) is 0.333. The van der Waals surface area contributed by atoms with Gasteiger partial charge in [0, 0.05) is 18.7 Å². The van der Waals surface area contributed by atoms with Crippen LogP contribution in [0.4, 0.5) is 5.82 Å². The summed E-state index contributed by atoms with van der Waals surface area (Å²) in [6.07, 6.45) is 1.38. The highest BCUT2D eigenvalue weighted by Gasteiger charge is 2.22. The number of carbonyl (C=O) groups is 1. The third-order valence-electron chi connectivity index (χ3n) is 4.57. The summed E-state index contributed by atoms with van der Waals surface area (Å²) >= 11 is 0. The van der Waals surface area contributed by atoms with Crippen LogP contribution in [0.15, 0.2) is 30.6 Å². The van der Waals surface area contributed by atoms with Crippen LogP contribution in [-0.2, 0) is 16.1 Å². The van der Waals surface area contributed by atoms with E-state index in [0.29, 0.717) is 48.8 Å². The van der Waals surface area contributed by atoms with Gasteiger partial charge >= 0.3 is 0 Å². The number of fused-ring (bicyclic) bond motifs is 1. The number of hydrogen-bond donors (Lipinski definition) is 1. The molecule has 9 heteroatoms. The van der Waals surface area contributed by atoms with E-state index in [9.17, 15) is 4.79 Å². The maximum absolute atomic E-state index is 12.6. The molecule has 0 atom stereocenters. The fourth-order valence-corrected chi connectivity index (χ4v) is 3.13. The highest BCUT2D eigenvalue weighted by Crippen LogP contribution is 2.31. The number of methoxy groups -OCH3 is 1. The highest BCUT2D eigenvalue weighted by molar-refractivity contribution is 5.98. The molecule has 1 amide bonds. The average Bonchev–Trinajstić information content (AvgIpc) is 3.08. The predicted molar refractivity (Wildman–Crippen MR) is 99.1 cm³/mol. The molecule has 1 fully saturated rings. The molecule has 0 spiro atoms. The van der Waals surface area contributed by atoms with Gasteiger partial charge in [0.25, 0.3) is 0 Å². The molecule has 0 unspecified atom stereocenters. The quantitative estimate of drug-likeness (QED) is 0.730. The second-order valence-electron chi connectivity index (χ2n) is 6.19. The first-order valence-corrected chi connectivity index (χ1v) is 8.64. The van der Waals surface area contributed by atoms with Gasteiger partial charge in [-0.15, -0.1) is 0 Å². The number of nitrogens with zero attached hydrogens (tertiary/aromatic N) is 5. The third-order valence-corrected chi connectivity index (χ3v) is 4.57. The fourth-order valence-electron chi connectivity index (χ4n) is 3.13. The van der Waals surface area contributed by atoms with Crippen molar-refractivity contribution in [1.82, 2.24) is 24.6 Å². The van der Waals surface area contributed by atoms with E-state index in [1.807, 2.05) is 24.3 Å². The van der Waals surface area contributed by atoms with Crippen LogP contribution in [-0.4, -0.2) is 64.0 Å². The van der Waals surface area contributed by atoms with Gasteiger partial charge in [0.15, 0.2) is 5.65 Å². The first-order valence-electron chi connectivity index (χ1n) is 8.64. The number of nitrogen functional groups attached to an aromatic ring is 1. The summed E-state index contributed by atoms with van der Waals surface area (Å²) in [4.78, 5) is 22.8. The van der Waals surface area contributed by atoms with Crippen molar-refractivity contribution in [1.29, 1.82) is 0 Å². The van der Waals surface area contributed by atoms with Gasteiger partial charge in [-0.1, -0.05) is 0 Å². The molecule has 1 saturated heterocycles. The molecule has 1 aliphatic rings. The normalized spacial score (nSPS) is 14.5. The van der Waals surface area contributed by atoms with Crippen LogP contribution in [0.2, 0.25) is 0 Å². The van der Waals surface area contributed by atoms with Crippen molar-refractivity contribution in [2.24, 2.45) is 0 Å². The van der Waals surface area contributed by atoms with Crippen molar-refractivity contribution >= 4 is 22.8 Å². The van der Waals surface area contributed by atoms with Gasteiger partial charge in [-0.05, 0) is 24.3 Å². The molecule has 2 N–H and O–H groups in total. The molecule has 4 rings (SSSR count). The summed E-state index contributed by atoms with van der Waals surface area (Å²) < 4.78 is 12.1. The van der Waals surface area contributed by atoms with E-state index in [1.54, 1.807) is 16.7 Å². The van der Waals surface area contributed by atoms with E-state index < -0.39 is 0 Å².